The van der Waals surface area contributed by atoms with E-state index in [2.05, 4.69) is 21.4 Å². The zero-order valence-electron chi connectivity index (χ0n) is 8.58. The van der Waals surface area contributed by atoms with Crippen molar-refractivity contribution in [1.29, 1.82) is 0 Å². The highest BCUT2D eigenvalue weighted by molar-refractivity contribution is 9.10. The zero-order chi connectivity index (χ0) is 12.4. The van der Waals surface area contributed by atoms with Crippen LogP contribution in [0, 0.1) is 11.6 Å². The molecule has 0 bridgehead atoms. The van der Waals surface area contributed by atoms with E-state index < -0.39 is 17.7 Å². The van der Waals surface area contributed by atoms with E-state index in [0.717, 1.165) is 16.1 Å². The SMILES string of the molecule is NNC(c1ccc(F)cc1F)c1cscc1Br. The van der Waals surface area contributed by atoms with Gasteiger partial charge in [0.25, 0.3) is 0 Å². The van der Waals surface area contributed by atoms with Gasteiger partial charge in [-0.25, -0.2) is 14.2 Å². The number of hydrogen-bond donors (Lipinski definition) is 2. The fourth-order valence-corrected chi connectivity index (χ4v) is 3.13. The molecule has 1 unspecified atom stereocenters. The van der Waals surface area contributed by atoms with E-state index in [1.165, 1.54) is 23.5 Å². The predicted molar refractivity (Wildman–Crippen MR) is 67.5 cm³/mol. The molecule has 2 aromatic rings. The lowest BCUT2D eigenvalue weighted by molar-refractivity contribution is 0.541. The highest BCUT2D eigenvalue weighted by atomic mass is 79.9. The Morgan fingerprint density at radius 3 is 2.53 bits per heavy atom. The van der Waals surface area contributed by atoms with E-state index >= 15 is 0 Å². The van der Waals surface area contributed by atoms with Crippen LogP contribution >= 0.6 is 27.3 Å². The Balaban J connectivity index is 2.46. The second-order valence-corrected chi connectivity index (χ2v) is 5.04. The Morgan fingerprint density at radius 1 is 1.24 bits per heavy atom. The van der Waals surface area contributed by atoms with E-state index in [1.807, 2.05) is 10.8 Å². The number of hydrogen-bond acceptors (Lipinski definition) is 3. The average Bonchev–Trinajstić information content (AvgIpc) is 2.69. The third-order valence-electron chi connectivity index (χ3n) is 2.39. The molecule has 0 spiro atoms. The lowest BCUT2D eigenvalue weighted by atomic mass is 10.0. The average molecular weight is 319 g/mol. The fraction of sp³-hybridized carbons (Fsp3) is 0.0909. The molecule has 6 heteroatoms. The number of hydrazine groups is 1. The second kappa shape index (κ2) is 5.22. The van der Waals surface area contributed by atoms with Crippen molar-refractivity contribution in [2.45, 2.75) is 6.04 Å². The molecule has 0 aliphatic heterocycles. The highest BCUT2D eigenvalue weighted by Gasteiger charge is 2.19. The van der Waals surface area contributed by atoms with Crippen LogP contribution in [0.3, 0.4) is 0 Å². The maximum absolute atomic E-state index is 13.7. The summed E-state index contributed by atoms with van der Waals surface area (Å²) >= 11 is 4.84. The van der Waals surface area contributed by atoms with E-state index in [4.69, 9.17) is 5.84 Å². The molecule has 2 nitrogen and oxygen atoms in total. The maximum atomic E-state index is 13.7. The van der Waals surface area contributed by atoms with E-state index in [1.54, 1.807) is 0 Å². The molecule has 0 amide bonds. The number of halogens is 3. The van der Waals surface area contributed by atoms with Crippen molar-refractivity contribution >= 4 is 27.3 Å². The van der Waals surface area contributed by atoms with Crippen LogP contribution in [0.2, 0.25) is 0 Å². The molecule has 0 aliphatic carbocycles. The summed E-state index contributed by atoms with van der Waals surface area (Å²) in [6.07, 6.45) is 0. The number of nitrogens with one attached hydrogen (secondary N) is 1. The summed E-state index contributed by atoms with van der Waals surface area (Å²) in [6.45, 7) is 0. The Hall–Kier alpha value is -0.820. The summed E-state index contributed by atoms with van der Waals surface area (Å²) < 4.78 is 27.3. The summed E-state index contributed by atoms with van der Waals surface area (Å²) in [4.78, 5) is 0. The first kappa shape index (κ1) is 12.6. The lowest BCUT2D eigenvalue weighted by Crippen LogP contribution is -2.29. The van der Waals surface area contributed by atoms with Gasteiger partial charge in [-0.2, -0.15) is 11.3 Å². The Bertz CT molecular complexity index is 530. The van der Waals surface area contributed by atoms with Gasteiger partial charge >= 0.3 is 0 Å². The summed E-state index contributed by atoms with van der Waals surface area (Å²) in [6, 6.07) is 2.94. The first-order valence-electron chi connectivity index (χ1n) is 4.76. The molecule has 0 saturated carbocycles. The first-order valence-corrected chi connectivity index (χ1v) is 6.49. The molecule has 0 aliphatic rings. The van der Waals surface area contributed by atoms with E-state index in [-0.39, 0.29) is 0 Å². The first-order chi connectivity index (χ1) is 8.13. The number of nitrogens with two attached hydrogens (primary N) is 1. The summed E-state index contributed by atoms with van der Waals surface area (Å²) in [7, 11) is 0. The summed E-state index contributed by atoms with van der Waals surface area (Å²) in [5.41, 5.74) is 3.67. The smallest absolute Gasteiger partial charge is 0.131 e. The molecule has 0 saturated heterocycles. The van der Waals surface area contributed by atoms with Crippen molar-refractivity contribution in [1.82, 2.24) is 5.43 Å². The molecule has 1 aromatic carbocycles. The highest BCUT2D eigenvalue weighted by Crippen LogP contribution is 2.32. The van der Waals surface area contributed by atoms with Crippen molar-refractivity contribution in [2.24, 2.45) is 5.84 Å². The molecule has 1 atom stereocenters. The van der Waals surface area contributed by atoms with Crippen LogP contribution in [0.4, 0.5) is 8.78 Å². The van der Waals surface area contributed by atoms with Gasteiger partial charge in [-0.15, -0.1) is 0 Å². The van der Waals surface area contributed by atoms with Gasteiger partial charge in [0.05, 0.1) is 6.04 Å². The molecule has 90 valence electrons. The molecule has 1 aromatic heterocycles. The van der Waals surface area contributed by atoms with Crippen LogP contribution in [0.25, 0.3) is 0 Å². The predicted octanol–water partition coefficient (Wildman–Crippen LogP) is 3.34. The molecule has 1 heterocycles. The summed E-state index contributed by atoms with van der Waals surface area (Å²) in [5.74, 6) is 4.22. The van der Waals surface area contributed by atoms with Gasteiger partial charge in [0.1, 0.15) is 11.6 Å². The van der Waals surface area contributed by atoms with Crippen LogP contribution in [0.15, 0.2) is 33.4 Å². The molecule has 17 heavy (non-hydrogen) atoms. The van der Waals surface area contributed by atoms with Crippen molar-refractivity contribution < 1.29 is 8.78 Å². The quantitative estimate of drug-likeness (QED) is 0.673. The van der Waals surface area contributed by atoms with Crippen LogP contribution in [-0.4, -0.2) is 0 Å². The van der Waals surface area contributed by atoms with Gasteiger partial charge in [-0.3, -0.25) is 5.84 Å². The maximum Gasteiger partial charge on any atom is 0.131 e. The second-order valence-electron chi connectivity index (χ2n) is 3.44. The van der Waals surface area contributed by atoms with Gasteiger partial charge < -0.3 is 0 Å². The van der Waals surface area contributed by atoms with Gasteiger partial charge in [0, 0.05) is 21.5 Å². The van der Waals surface area contributed by atoms with Gasteiger partial charge in [-0.05, 0) is 32.9 Å². The van der Waals surface area contributed by atoms with Crippen molar-refractivity contribution in [3.8, 4) is 0 Å². The van der Waals surface area contributed by atoms with Crippen LogP contribution in [0.1, 0.15) is 17.2 Å². The normalized spacial score (nSPS) is 12.7. The third-order valence-corrected chi connectivity index (χ3v) is 4.15. The molecule has 2 rings (SSSR count). The Kier molecular flexibility index (Phi) is 3.88. The number of thiophene rings is 1. The Labute approximate surface area is 110 Å². The zero-order valence-corrected chi connectivity index (χ0v) is 11.0. The van der Waals surface area contributed by atoms with Crippen molar-refractivity contribution in [3.05, 3.63) is 56.2 Å². The fourth-order valence-electron chi connectivity index (χ4n) is 1.58. The molecule has 0 fully saturated rings. The van der Waals surface area contributed by atoms with Crippen LogP contribution in [0.5, 0.6) is 0 Å². The molecule has 0 radical (unpaired) electrons. The number of rotatable bonds is 3. The lowest BCUT2D eigenvalue weighted by Gasteiger charge is -2.16. The van der Waals surface area contributed by atoms with Gasteiger partial charge in [0.2, 0.25) is 0 Å². The van der Waals surface area contributed by atoms with Crippen LogP contribution in [-0.2, 0) is 0 Å². The largest absolute Gasteiger partial charge is 0.271 e. The molecular weight excluding hydrogens is 310 g/mol. The van der Waals surface area contributed by atoms with Crippen LogP contribution < -0.4 is 11.3 Å². The van der Waals surface area contributed by atoms with Crippen molar-refractivity contribution in [3.63, 3.8) is 0 Å². The summed E-state index contributed by atoms with van der Waals surface area (Å²) in [5, 5.41) is 3.73. The van der Waals surface area contributed by atoms with E-state index in [0.29, 0.717) is 5.56 Å². The Morgan fingerprint density at radius 2 is 2.00 bits per heavy atom. The van der Waals surface area contributed by atoms with Gasteiger partial charge in [-0.1, -0.05) is 6.07 Å². The molecular formula is C11H9BrF2N2S. The topological polar surface area (TPSA) is 38.0 Å². The molecule has 3 N–H and O–H groups in total. The minimum Gasteiger partial charge on any atom is -0.271 e. The number of benzene rings is 1. The monoisotopic (exact) mass is 318 g/mol. The van der Waals surface area contributed by atoms with Crippen molar-refractivity contribution in [2.75, 3.05) is 0 Å². The van der Waals surface area contributed by atoms with E-state index in [9.17, 15) is 8.78 Å². The standard InChI is InChI=1S/C11H9BrF2N2S/c12-9-5-17-4-8(9)11(16-15)7-2-1-6(13)3-10(7)14/h1-5,11,16H,15H2. The minimum absolute atomic E-state index is 0.313. The third kappa shape index (κ3) is 2.55. The minimum atomic E-state index is -0.619. The van der Waals surface area contributed by atoms with Gasteiger partial charge in [0.15, 0.2) is 0 Å².